The lowest BCUT2D eigenvalue weighted by Gasteiger charge is -2.30. The number of carbonyl (C=O) groups excluding carboxylic acids is 1. The van der Waals surface area contributed by atoms with E-state index in [0.717, 1.165) is 6.54 Å². The fourth-order valence-corrected chi connectivity index (χ4v) is 2.55. The van der Waals surface area contributed by atoms with Crippen LogP contribution < -0.4 is 11.1 Å². The van der Waals surface area contributed by atoms with Crippen LogP contribution in [0.3, 0.4) is 0 Å². The molecule has 0 saturated heterocycles. The van der Waals surface area contributed by atoms with Gasteiger partial charge in [0.2, 0.25) is 5.91 Å². The van der Waals surface area contributed by atoms with Crippen molar-refractivity contribution < 1.29 is 4.79 Å². The van der Waals surface area contributed by atoms with E-state index in [4.69, 9.17) is 5.73 Å². The van der Waals surface area contributed by atoms with E-state index in [1.807, 2.05) is 6.92 Å². The molecule has 0 aliphatic heterocycles. The Hall–Kier alpha value is -0.570. The van der Waals surface area contributed by atoms with Crippen molar-refractivity contribution in [2.24, 2.45) is 11.1 Å². The zero-order valence-corrected chi connectivity index (χ0v) is 10.7. The second kappa shape index (κ2) is 6.24. The van der Waals surface area contributed by atoms with Crippen LogP contribution >= 0.6 is 0 Å². The molecule has 1 aliphatic rings. The maximum atomic E-state index is 10.8. The molecule has 0 aromatic heterocycles. The summed E-state index contributed by atoms with van der Waals surface area (Å²) in [6, 6.07) is 0.206. The Morgan fingerprint density at radius 2 is 1.88 bits per heavy atom. The predicted molar refractivity (Wildman–Crippen MR) is 67.1 cm³/mol. The van der Waals surface area contributed by atoms with Gasteiger partial charge in [-0.2, -0.15) is 0 Å². The SMILES string of the molecule is CC(CC(N)=O)NCC1(C)CCCCCC1. The molecule has 0 radical (unpaired) electrons. The number of hydrogen-bond acceptors (Lipinski definition) is 2. The van der Waals surface area contributed by atoms with Crippen LogP contribution in [0, 0.1) is 5.41 Å². The lowest BCUT2D eigenvalue weighted by molar-refractivity contribution is -0.118. The molecular formula is C13H26N2O. The summed E-state index contributed by atoms with van der Waals surface area (Å²) in [5.74, 6) is -0.217. The third-order valence-corrected chi connectivity index (χ3v) is 3.70. The van der Waals surface area contributed by atoms with E-state index in [2.05, 4.69) is 12.2 Å². The molecule has 1 fully saturated rings. The van der Waals surface area contributed by atoms with Crippen LogP contribution in [0.25, 0.3) is 0 Å². The first-order valence-corrected chi connectivity index (χ1v) is 6.53. The maximum absolute atomic E-state index is 10.8. The van der Waals surface area contributed by atoms with Crippen molar-refractivity contribution in [2.45, 2.75) is 64.8 Å². The van der Waals surface area contributed by atoms with Crippen molar-refractivity contribution in [3.8, 4) is 0 Å². The Kier molecular flexibility index (Phi) is 5.26. The van der Waals surface area contributed by atoms with Gasteiger partial charge in [0.1, 0.15) is 0 Å². The van der Waals surface area contributed by atoms with Gasteiger partial charge in [0, 0.05) is 19.0 Å². The van der Waals surface area contributed by atoms with Gasteiger partial charge in [0.25, 0.3) is 0 Å². The number of carbonyl (C=O) groups is 1. The minimum atomic E-state index is -0.217. The Morgan fingerprint density at radius 1 is 1.31 bits per heavy atom. The highest BCUT2D eigenvalue weighted by molar-refractivity contribution is 5.74. The summed E-state index contributed by atoms with van der Waals surface area (Å²) < 4.78 is 0. The van der Waals surface area contributed by atoms with Crippen molar-refractivity contribution >= 4 is 5.91 Å². The molecule has 3 heteroatoms. The van der Waals surface area contributed by atoms with Gasteiger partial charge >= 0.3 is 0 Å². The van der Waals surface area contributed by atoms with Gasteiger partial charge < -0.3 is 11.1 Å². The highest BCUT2D eigenvalue weighted by Gasteiger charge is 2.25. The summed E-state index contributed by atoms with van der Waals surface area (Å²) in [5, 5.41) is 3.45. The van der Waals surface area contributed by atoms with Crippen molar-refractivity contribution in [1.82, 2.24) is 5.32 Å². The molecule has 0 heterocycles. The summed E-state index contributed by atoms with van der Waals surface area (Å²) in [6.07, 6.45) is 8.52. The van der Waals surface area contributed by atoms with E-state index in [0.29, 0.717) is 11.8 Å². The molecule has 1 atom stereocenters. The normalized spacial score (nSPS) is 22.4. The monoisotopic (exact) mass is 226 g/mol. The molecule has 0 aromatic carbocycles. The molecule has 3 nitrogen and oxygen atoms in total. The third-order valence-electron chi connectivity index (χ3n) is 3.70. The topological polar surface area (TPSA) is 55.1 Å². The molecule has 94 valence electrons. The lowest BCUT2D eigenvalue weighted by Crippen LogP contribution is -2.38. The van der Waals surface area contributed by atoms with Crippen molar-refractivity contribution in [2.75, 3.05) is 6.54 Å². The summed E-state index contributed by atoms with van der Waals surface area (Å²) in [4.78, 5) is 10.8. The van der Waals surface area contributed by atoms with Crippen LogP contribution in [0.1, 0.15) is 58.8 Å². The quantitative estimate of drug-likeness (QED) is 0.706. The van der Waals surface area contributed by atoms with Gasteiger partial charge in [0.05, 0.1) is 0 Å². The standard InChI is InChI=1S/C13H26N2O/c1-11(9-12(14)16)15-10-13(2)7-5-3-4-6-8-13/h11,15H,3-10H2,1-2H3,(H2,14,16). The number of hydrogen-bond donors (Lipinski definition) is 2. The smallest absolute Gasteiger partial charge is 0.218 e. The molecule has 1 rings (SSSR count). The van der Waals surface area contributed by atoms with Gasteiger partial charge in [-0.25, -0.2) is 0 Å². The van der Waals surface area contributed by atoms with E-state index in [1.165, 1.54) is 38.5 Å². The molecule has 1 saturated carbocycles. The molecule has 1 amide bonds. The first-order valence-electron chi connectivity index (χ1n) is 6.53. The number of rotatable bonds is 5. The van der Waals surface area contributed by atoms with E-state index in [9.17, 15) is 4.79 Å². The summed E-state index contributed by atoms with van der Waals surface area (Å²) >= 11 is 0. The minimum Gasteiger partial charge on any atom is -0.370 e. The maximum Gasteiger partial charge on any atom is 0.218 e. The van der Waals surface area contributed by atoms with E-state index < -0.39 is 0 Å². The first kappa shape index (κ1) is 13.5. The second-order valence-corrected chi connectivity index (χ2v) is 5.68. The van der Waals surface area contributed by atoms with Crippen molar-refractivity contribution in [3.05, 3.63) is 0 Å². The second-order valence-electron chi connectivity index (χ2n) is 5.68. The molecule has 0 bridgehead atoms. The van der Waals surface area contributed by atoms with Crippen LogP contribution in [0.4, 0.5) is 0 Å². The third kappa shape index (κ3) is 4.97. The zero-order valence-electron chi connectivity index (χ0n) is 10.7. The number of amides is 1. The lowest BCUT2D eigenvalue weighted by atomic mass is 9.82. The number of nitrogens with one attached hydrogen (secondary N) is 1. The molecule has 0 spiro atoms. The highest BCUT2D eigenvalue weighted by atomic mass is 16.1. The predicted octanol–water partition coefficient (Wildman–Crippen LogP) is 2.20. The van der Waals surface area contributed by atoms with Crippen molar-refractivity contribution in [3.63, 3.8) is 0 Å². The van der Waals surface area contributed by atoms with Crippen LogP contribution in [0.15, 0.2) is 0 Å². The molecule has 3 N–H and O–H groups in total. The van der Waals surface area contributed by atoms with Crippen LogP contribution in [-0.4, -0.2) is 18.5 Å². The Balaban J connectivity index is 2.31. The van der Waals surface area contributed by atoms with Gasteiger partial charge in [-0.15, -0.1) is 0 Å². The minimum absolute atomic E-state index is 0.206. The Bertz CT molecular complexity index is 220. The molecule has 1 unspecified atom stereocenters. The Labute approximate surface area is 99.2 Å². The van der Waals surface area contributed by atoms with Crippen molar-refractivity contribution in [1.29, 1.82) is 0 Å². The van der Waals surface area contributed by atoms with Gasteiger partial charge in [-0.1, -0.05) is 32.6 Å². The van der Waals surface area contributed by atoms with Crippen LogP contribution in [-0.2, 0) is 4.79 Å². The van der Waals surface area contributed by atoms with Gasteiger partial charge in [-0.05, 0) is 25.2 Å². The van der Waals surface area contributed by atoms with Crippen LogP contribution in [0.5, 0.6) is 0 Å². The first-order chi connectivity index (χ1) is 7.52. The van der Waals surface area contributed by atoms with Gasteiger partial charge in [0.15, 0.2) is 0 Å². The zero-order chi connectivity index (χ0) is 12.0. The van der Waals surface area contributed by atoms with Crippen LogP contribution in [0.2, 0.25) is 0 Å². The average molecular weight is 226 g/mol. The number of nitrogens with two attached hydrogens (primary N) is 1. The van der Waals surface area contributed by atoms with Gasteiger partial charge in [-0.3, -0.25) is 4.79 Å². The highest BCUT2D eigenvalue weighted by Crippen LogP contribution is 2.33. The molecule has 1 aliphatic carbocycles. The summed E-state index contributed by atoms with van der Waals surface area (Å²) in [7, 11) is 0. The van der Waals surface area contributed by atoms with E-state index in [-0.39, 0.29) is 11.9 Å². The molecule has 16 heavy (non-hydrogen) atoms. The fourth-order valence-electron chi connectivity index (χ4n) is 2.55. The fraction of sp³-hybridized carbons (Fsp3) is 0.923. The van der Waals surface area contributed by atoms with E-state index >= 15 is 0 Å². The summed E-state index contributed by atoms with van der Waals surface area (Å²) in [6.45, 7) is 5.41. The Morgan fingerprint density at radius 3 is 2.38 bits per heavy atom. The van der Waals surface area contributed by atoms with E-state index in [1.54, 1.807) is 0 Å². The summed E-state index contributed by atoms with van der Waals surface area (Å²) in [5.41, 5.74) is 5.60. The largest absolute Gasteiger partial charge is 0.370 e. The average Bonchev–Trinajstić information content (AvgIpc) is 2.40. The molecule has 0 aromatic rings. The number of primary amides is 1. The molecular weight excluding hydrogens is 200 g/mol.